The Bertz CT molecular complexity index is 1210. The first-order valence-corrected chi connectivity index (χ1v) is 12.5. The molecule has 0 radical (unpaired) electrons. The number of amides is 1. The van der Waals surface area contributed by atoms with Crippen LogP contribution in [0.5, 0.6) is 5.75 Å². The van der Waals surface area contributed by atoms with Crippen LogP contribution in [0.15, 0.2) is 58.8 Å². The van der Waals surface area contributed by atoms with E-state index < -0.39 is 0 Å². The second kappa shape index (κ2) is 12.1. The SMILES string of the molecule is CCOCCN1CCC(=CC(=O)Nc2cc3c(Nc4cccc(Br)c4)ncnc3cc2OC)CC1. The number of nitrogens with one attached hydrogen (secondary N) is 2. The van der Waals surface area contributed by atoms with Gasteiger partial charge in [-0.3, -0.25) is 4.79 Å². The predicted molar refractivity (Wildman–Crippen MR) is 142 cm³/mol. The molecule has 2 heterocycles. The molecule has 0 spiro atoms. The van der Waals surface area contributed by atoms with Crippen LogP contribution in [0.3, 0.4) is 0 Å². The molecule has 0 aliphatic carbocycles. The summed E-state index contributed by atoms with van der Waals surface area (Å²) in [4.78, 5) is 24.0. The molecule has 9 heteroatoms. The van der Waals surface area contributed by atoms with Crippen molar-refractivity contribution in [2.75, 3.05) is 50.6 Å². The van der Waals surface area contributed by atoms with Crippen LogP contribution in [-0.4, -0.2) is 60.7 Å². The highest BCUT2D eigenvalue weighted by molar-refractivity contribution is 9.10. The van der Waals surface area contributed by atoms with Crippen molar-refractivity contribution in [2.24, 2.45) is 0 Å². The number of rotatable bonds is 9. The Morgan fingerprint density at radius 3 is 2.77 bits per heavy atom. The number of halogens is 1. The molecular weight excluding hydrogens is 510 g/mol. The van der Waals surface area contributed by atoms with Crippen molar-refractivity contribution in [3.8, 4) is 5.75 Å². The topological polar surface area (TPSA) is 88.6 Å². The van der Waals surface area contributed by atoms with Gasteiger partial charge in [0.25, 0.3) is 0 Å². The molecule has 4 rings (SSSR count). The van der Waals surface area contributed by atoms with E-state index in [2.05, 4.69) is 41.4 Å². The summed E-state index contributed by atoms with van der Waals surface area (Å²) in [5.74, 6) is 1.02. The first kappa shape index (κ1) is 25.1. The standard InChI is InChI=1S/C26H30BrN5O3/c1-3-35-12-11-32-9-7-18(8-10-32)13-25(33)31-23-15-21-22(16-24(23)34-2)28-17-29-26(21)30-20-6-4-5-19(27)14-20/h4-6,13-17H,3,7-12H2,1-2H3,(H,31,33)(H,28,29,30). The third-order valence-corrected chi connectivity index (χ3v) is 6.38. The number of anilines is 3. The van der Waals surface area contributed by atoms with E-state index in [1.807, 2.05) is 43.3 Å². The molecule has 184 valence electrons. The van der Waals surface area contributed by atoms with Crippen LogP contribution in [0.2, 0.25) is 0 Å². The van der Waals surface area contributed by atoms with Gasteiger partial charge in [0.05, 0.1) is 24.9 Å². The summed E-state index contributed by atoms with van der Waals surface area (Å²) in [5.41, 5.74) is 3.32. The number of hydrogen-bond donors (Lipinski definition) is 2. The number of likely N-dealkylation sites (tertiary alicyclic amines) is 1. The van der Waals surface area contributed by atoms with Crippen molar-refractivity contribution >= 4 is 49.9 Å². The van der Waals surface area contributed by atoms with Gasteiger partial charge in [0, 0.05) is 53.9 Å². The Labute approximate surface area is 213 Å². The molecule has 1 saturated heterocycles. The molecule has 3 aromatic rings. The average Bonchev–Trinajstić information content (AvgIpc) is 2.85. The van der Waals surface area contributed by atoms with Crippen LogP contribution in [0.25, 0.3) is 10.9 Å². The van der Waals surface area contributed by atoms with Crippen LogP contribution >= 0.6 is 15.9 Å². The summed E-state index contributed by atoms with van der Waals surface area (Å²) in [6.07, 6.45) is 4.98. The molecule has 0 unspecified atom stereocenters. The maximum Gasteiger partial charge on any atom is 0.248 e. The molecule has 35 heavy (non-hydrogen) atoms. The third-order valence-electron chi connectivity index (χ3n) is 5.89. The summed E-state index contributed by atoms with van der Waals surface area (Å²) in [6, 6.07) is 11.5. The number of piperidine rings is 1. The van der Waals surface area contributed by atoms with Crippen LogP contribution in [0.1, 0.15) is 19.8 Å². The second-order valence-electron chi connectivity index (χ2n) is 8.26. The minimum Gasteiger partial charge on any atom is -0.494 e. The number of aromatic nitrogens is 2. The van der Waals surface area contributed by atoms with Crippen LogP contribution in [-0.2, 0) is 9.53 Å². The Morgan fingerprint density at radius 2 is 2.03 bits per heavy atom. The average molecular weight is 540 g/mol. The lowest BCUT2D eigenvalue weighted by Gasteiger charge is -2.28. The first-order chi connectivity index (χ1) is 17.1. The quantitative estimate of drug-likeness (QED) is 0.287. The van der Waals surface area contributed by atoms with Crippen molar-refractivity contribution < 1.29 is 14.3 Å². The summed E-state index contributed by atoms with van der Waals surface area (Å²) in [6.45, 7) is 6.30. The van der Waals surface area contributed by atoms with E-state index in [1.165, 1.54) is 6.33 Å². The van der Waals surface area contributed by atoms with Gasteiger partial charge in [-0.2, -0.15) is 0 Å². The van der Waals surface area contributed by atoms with Crippen molar-refractivity contribution in [1.29, 1.82) is 0 Å². The van der Waals surface area contributed by atoms with Gasteiger partial charge in [-0.25, -0.2) is 9.97 Å². The Morgan fingerprint density at radius 1 is 1.20 bits per heavy atom. The summed E-state index contributed by atoms with van der Waals surface area (Å²) >= 11 is 3.49. The molecule has 1 aliphatic heterocycles. The fraction of sp³-hybridized carbons (Fsp3) is 0.346. The van der Waals surface area contributed by atoms with Gasteiger partial charge in [0.1, 0.15) is 17.9 Å². The number of carbonyl (C=O) groups excluding carboxylic acids is 1. The van der Waals surface area contributed by atoms with Crippen molar-refractivity contribution in [3.05, 3.63) is 58.8 Å². The molecule has 0 atom stereocenters. The van der Waals surface area contributed by atoms with Gasteiger partial charge >= 0.3 is 0 Å². The minimum absolute atomic E-state index is 0.168. The van der Waals surface area contributed by atoms with Gasteiger partial charge in [0.2, 0.25) is 5.91 Å². The van der Waals surface area contributed by atoms with Gasteiger partial charge in [0.15, 0.2) is 0 Å². The molecular formula is C26H30BrN5O3. The predicted octanol–water partition coefficient (Wildman–Crippen LogP) is 5.14. The molecule has 0 bridgehead atoms. The van der Waals surface area contributed by atoms with Crippen molar-refractivity contribution in [3.63, 3.8) is 0 Å². The number of fused-ring (bicyclic) bond motifs is 1. The number of methoxy groups -OCH3 is 1. The fourth-order valence-electron chi connectivity index (χ4n) is 4.05. The maximum atomic E-state index is 12.9. The van der Waals surface area contributed by atoms with Gasteiger partial charge in [-0.05, 0) is 44.0 Å². The highest BCUT2D eigenvalue weighted by atomic mass is 79.9. The van der Waals surface area contributed by atoms with E-state index >= 15 is 0 Å². The molecule has 1 aromatic heterocycles. The molecule has 1 amide bonds. The van der Waals surface area contributed by atoms with Crippen LogP contribution < -0.4 is 15.4 Å². The number of hydrogen-bond acceptors (Lipinski definition) is 7. The number of benzene rings is 2. The Kier molecular flexibility index (Phi) is 8.68. The Balaban J connectivity index is 1.49. The van der Waals surface area contributed by atoms with Crippen LogP contribution in [0.4, 0.5) is 17.2 Å². The smallest absolute Gasteiger partial charge is 0.248 e. The van der Waals surface area contributed by atoms with E-state index in [9.17, 15) is 4.79 Å². The maximum absolute atomic E-state index is 12.9. The van der Waals surface area contributed by atoms with Gasteiger partial charge in [-0.1, -0.05) is 27.6 Å². The zero-order chi connectivity index (χ0) is 24.6. The fourth-order valence-corrected chi connectivity index (χ4v) is 4.45. The third kappa shape index (κ3) is 6.78. The van der Waals surface area contributed by atoms with E-state index in [1.54, 1.807) is 13.2 Å². The highest BCUT2D eigenvalue weighted by Crippen LogP contribution is 2.33. The summed E-state index contributed by atoms with van der Waals surface area (Å²) in [5, 5.41) is 7.10. The number of carbonyl (C=O) groups is 1. The van der Waals surface area contributed by atoms with Crippen molar-refractivity contribution in [2.45, 2.75) is 19.8 Å². The molecule has 8 nitrogen and oxygen atoms in total. The van der Waals surface area contributed by atoms with E-state index in [0.29, 0.717) is 22.8 Å². The number of ether oxygens (including phenoxy) is 2. The molecule has 2 aromatic carbocycles. The normalized spacial score (nSPS) is 14.1. The zero-order valence-electron chi connectivity index (χ0n) is 20.0. The van der Waals surface area contributed by atoms with Crippen molar-refractivity contribution in [1.82, 2.24) is 14.9 Å². The molecule has 2 N–H and O–H groups in total. The minimum atomic E-state index is -0.168. The van der Waals surface area contributed by atoms with E-state index in [0.717, 1.165) is 66.8 Å². The summed E-state index contributed by atoms with van der Waals surface area (Å²) in [7, 11) is 1.58. The second-order valence-corrected chi connectivity index (χ2v) is 9.17. The molecule has 1 fully saturated rings. The lowest BCUT2D eigenvalue weighted by molar-refractivity contribution is -0.112. The lowest BCUT2D eigenvalue weighted by atomic mass is 10.0. The largest absolute Gasteiger partial charge is 0.494 e. The Hall–Kier alpha value is -3.01. The van der Waals surface area contributed by atoms with Gasteiger partial charge < -0.3 is 25.0 Å². The summed E-state index contributed by atoms with van der Waals surface area (Å²) < 4.78 is 11.9. The molecule has 1 aliphatic rings. The lowest BCUT2D eigenvalue weighted by Crippen LogP contribution is -2.33. The zero-order valence-corrected chi connectivity index (χ0v) is 21.6. The van der Waals surface area contributed by atoms with E-state index in [4.69, 9.17) is 9.47 Å². The van der Waals surface area contributed by atoms with E-state index in [-0.39, 0.29) is 5.91 Å². The first-order valence-electron chi connectivity index (χ1n) is 11.7. The molecule has 0 saturated carbocycles. The van der Waals surface area contributed by atoms with Crippen LogP contribution in [0, 0.1) is 0 Å². The van der Waals surface area contributed by atoms with Gasteiger partial charge in [-0.15, -0.1) is 0 Å². The highest BCUT2D eigenvalue weighted by Gasteiger charge is 2.16. The monoisotopic (exact) mass is 539 g/mol. The number of nitrogens with zero attached hydrogens (tertiary/aromatic N) is 3.